The Hall–Kier alpha value is -1.93. The van der Waals surface area contributed by atoms with Crippen LogP contribution in [0.3, 0.4) is 0 Å². The van der Waals surface area contributed by atoms with Crippen LogP contribution in [0, 0.1) is 0 Å². The maximum Gasteiger partial charge on any atom is 0.339 e. The number of carboxylic acid groups (broad SMARTS) is 1. The summed E-state index contributed by atoms with van der Waals surface area (Å²) in [5.74, 6) is -1.48. The average molecular weight is 357 g/mol. The molecule has 0 bridgehead atoms. The van der Waals surface area contributed by atoms with Gasteiger partial charge in [0.25, 0.3) is 10.0 Å². The molecular formula is C12H9BrN2O4S. The molecule has 2 N–H and O–H groups in total. The molecule has 0 aliphatic heterocycles. The van der Waals surface area contributed by atoms with E-state index in [0.717, 1.165) is 4.47 Å². The third-order valence-corrected chi connectivity index (χ3v) is 4.28. The maximum absolute atomic E-state index is 12.1. The van der Waals surface area contributed by atoms with Gasteiger partial charge in [-0.15, -0.1) is 0 Å². The summed E-state index contributed by atoms with van der Waals surface area (Å²) in [6.07, 6.45) is 1.31. The van der Waals surface area contributed by atoms with Gasteiger partial charge >= 0.3 is 5.97 Å². The largest absolute Gasteiger partial charge is 0.478 e. The Bertz CT molecular complexity index is 744. The second kappa shape index (κ2) is 5.59. The zero-order valence-electron chi connectivity index (χ0n) is 9.95. The van der Waals surface area contributed by atoms with Crippen molar-refractivity contribution in [3.8, 4) is 0 Å². The van der Waals surface area contributed by atoms with Crippen LogP contribution in [-0.4, -0.2) is 24.5 Å². The third kappa shape index (κ3) is 3.14. The number of aromatic nitrogens is 1. The van der Waals surface area contributed by atoms with E-state index in [1.165, 1.54) is 30.5 Å². The molecule has 2 rings (SSSR count). The van der Waals surface area contributed by atoms with E-state index in [-0.39, 0.29) is 16.3 Å². The standard InChI is InChI=1S/C12H9BrN2O4S/c13-8-3-5-9(6-4-8)20(18,19)15-11-10(12(16)17)2-1-7-14-11/h1-7H,(H,14,15)(H,16,17). The van der Waals surface area contributed by atoms with Crippen molar-refractivity contribution in [2.75, 3.05) is 4.72 Å². The van der Waals surface area contributed by atoms with Gasteiger partial charge in [0.15, 0.2) is 5.82 Å². The second-order valence-electron chi connectivity index (χ2n) is 3.76. The van der Waals surface area contributed by atoms with Gasteiger partial charge in [-0.25, -0.2) is 18.2 Å². The molecule has 1 aromatic carbocycles. The number of rotatable bonds is 4. The summed E-state index contributed by atoms with van der Waals surface area (Å²) in [5.41, 5.74) is -0.215. The van der Waals surface area contributed by atoms with Crippen LogP contribution in [0.4, 0.5) is 5.82 Å². The minimum absolute atomic E-state index is 0.0164. The van der Waals surface area contributed by atoms with E-state index >= 15 is 0 Å². The minimum atomic E-state index is -3.88. The van der Waals surface area contributed by atoms with Crippen LogP contribution in [0.5, 0.6) is 0 Å². The molecule has 8 heteroatoms. The number of nitrogens with one attached hydrogen (secondary N) is 1. The van der Waals surface area contributed by atoms with Gasteiger partial charge in [0.2, 0.25) is 0 Å². The first kappa shape index (κ1) is 14.5. The third-order valence-electron chi connectivity index (χ3n) is 2.39. The summed E-state index contributed by atoms with van der Waals surface area (Å²) in [7, 11) is -3.88. The van der Waals surface area contributed by atoms with Crippen LogP contribution < -0.4 is 4.72 Å². The molecule has 0 amide bonds. The molecular weight excluding hydrogens is 348 g/mol. The van der Waals surface area contributed by atoms with Gasteiger partial charge in [-0.1, -0.05) is 15.9 Å². The van der Waals surface area contributed by atoms with Gasteiger partial charge in [-0.2, -0.15) is 0 Å². The lowest BCUT2D eigenvalue weighted by atomic mass is 10.3. The van der Waals surface area contributed by atoms with Crippen LogP contribution in [0.25, 0.3) is 0 Å². The molecule has 0 aliphatic carbocycles. The van der Waals surface area contributed by atoms with Crippen LogP contribution >= 0.6 is 15.9 Å². The van der Waals surface area contributed by atoms with Crippen LogP contribution in [0.15, 0.2) is 52.0 Å². The lowest BCUT2D eigenvalue weighted by molar-refractivity contribution is 0.0697. The van der Waals surface area contributed by atoms with Gasteiger partial charge < -0.3 is 5.11 Å². The molecule has 6 nitrogen and oxygen atoms in total. The first-order chi connectivity index (χ1) is 9.40. The molecule has 104 valence electrons. The van der Waals surface area contributed by atoms with Crippen molar-refractivity contribution in [1.82, 2.24) is 4.98 Å². The molecule has 20 heavy (non-hydrogen) atoms. The van der Waals surface area contributed by atoms with E-state index in [1.807, 2.05) is 0 Å². The van der Waals surface area contributed by atoms with Crippen LogP contribution in [-0.2, 0) is 10.0 Å². The number of aromatic carboxylic acids is 1. The predicted octanol–water partition coefficient (Wildman–Crippen LogP) is 2.34. The molecule has 0 fully saturated rings. The fourth-order valence-electron chi connectivity index (χ4n) is 1.46. The van der Waals surface area contributed by atoms with Crippen LogP contribution in [0.1, 0.15) is 10.4 Å². The zero-order valence-corrected chi connectivity index (χ0v) is 12.3. The first-order valence-corrected chi connectivity index (χ1v) is 7.64. The van der Waals surface area contributed by atoms with Gasteiger partial charge in [0.05, 0.1) is 4.90 Å². The zero-order chi connectivity index (χ0) is 14.8. The number of sulfonamides is 1. The van der Waals surface area contributed by atoms with E-state index in [9.17, 15) is 13.2 Å². The Morgan fingerprint density at radius 1 is 1.20 bits per heavy atom. The SMILES string of the molecule is O=C(O)c1cccnc1NS(=O)(=O)c1ccc(Br)cc1. The highest BCUT2D eigenvalue weighted by Gasteiger charge is 2.19. The Morgan fingerprint density at radius 2 is 1.85 bits per heavy atom. The fourth-order valence-corrected chi connectivity index (χ4v) is 2.75. The molecule has 0 unspecified atom stereocenters. The summed E-state index contributed by atoms with van der Waals surface area (Å²) in [4.78, 5) is 14.8. The van der Waals surface area contributed by atoms with Crippen molar-refractivity contribution in [3.05, 3.63) is 52.6 Å². The monoisotopic (exact) mass is 356 g/mol. The van der Waals surface area contributed by atoms with Crippen molar-refractivity contribution in [1.29, 1.82) is 0 Å². The highest BCUT2D eigenvalue weighted by Crippen LogP contribution is 2.19. The normalized spacial score (nSPS) is 11.1. The highest BCUT2D eigenvalue weighted by atomic mass is 79.9. The number of benzene rings is 1. The van der Waals surface area contributed by atoms with E-state index in [1.54, 1.807) is 12.1 Å². The lowest BCUT2D eigenvalue weighted by Gasteiger charge is -2.09. The summed E-state index contributed by atoms with van der Waals surface area (Å²) in [6.45, 7) is 0. The summed E-state index contributed by atoms with van der Waals surface area (Å²) in [6, 6.07) is 8.64. The van der Waals surface area contributed by atoms with E-state index in [4.69, 9.17) is 5.11 Å². The molecule has 1 aromatic heterocycles. The number of hydrogen-bond donors (Lipinski definition) is 2. The van der Waals surface area contributed by atoms with E-state index in [0.29, 0.717) is 0 Å². The Kier molecular flexibility index (Phi) is 4.05. The van der Waals surface area contributed by atoms with E-state index < -0.39 is 16.0 Å². The number of carboxylic acids is 1. The molecule has 0 aliphatic rings. The molecule has 0 saturated carbocycles. The lowest BCUT2D eigenvalue weighted by Crippen LogP contribution is -2.16. The van der Waals surface area contributed by atoms with Crippen molar-refractivity contribution >= 4 is 37.7 Å². The Labute approximate surface area is 123 Å². The average Bonchev–Trinajstić information content (AvgIpc) is 2.39. The second-order valence-corrected chi connectivity index (χ2v) is 6.36. The molecule has 0 atom stereocenters. The number of halogens is 1. The fraction of sp³-hybridized carbons (Fsp3) is 0. The van der Waals surface area contributed by atoms with Crippen LogP contribution in [0.2, 0.25) is 0 Å². The topological polar surface area (TPSA) is 96.4 Å². The first-order valence-electron chi connectivity index (χ1n) is 5.37. The number of carbonyl (C=O) groups is 1. The van der Waals surface area contributed by atoms with E-state index in [2.05, 4.69) is 25.6 Å². The highest BCUT2D eigenvalue weighted by molar-refractivity contribution is 9.10. The Balaban J connectivity index is 2.38. The van der Waals surface area contributed by atoms with Gasteiger partial charge in [-0.05, 0) is 36.4 Å². The van der Waals surface area contributed by atoms with Crippen molar-refractivity contribution in [2.45, 2.75) is 4.90 Å². The maximum atomic E-state index is 12.1. The van der Waals surface area contributed by atoms with Crippen molar-refractivity contribution in [2.24, 2.45) is 0 Å². The molecule has 1 heterocycles. The molecule has 0 saturated heterocycles. The van der Waals surface area contributed by atoms with Crippen molar-refractivity contribution < 1.29 is 18.3 Å². The molecule has 2 aromatic rings. The smallest absolute Gasteiger partial charge is 0.339 e. The number of hydrogen-bond acceptors (Lipinski definition) is 4. The summed E-state index contributed by atoms with van der Waals surface area (Å²) < 4.78 is 27.2. The quantitative estimate of drug-likeness (QED) is 0.876. The van der Waals surface area contributed by atoms with Gasteiger partial charge in [0, 0.05) is 10.7 Å². The summed E-state index contributed by atoms with van der Waals surface area (Å²) in [5, 5.41) is 8.99. The minimum Gasteiger partial charge on any atom is -0.478 e. The Morgan fingerprint density at radius 3 is 2.45 bits per heavy atom. The predicted molar refractivity (Wildman–Crippen MR) is 76.1 cm³/mol. The van der Waals surface area contributed by atoms with Gasteiger partial charge in [-0.3, -0.25) is 4.72 Å². The molecule has 0 spiro atoms. The number of pyridine rings is 1. The van der Waals surface area contributed by atoms with Gasteiger partial charge in [0.1, 0.15) is 5.56 Å². The number of anilines is 1. The summed E-state index contributed by atoms with van der Waals surface area (Å²) >= 11 is 3.20. The van der Waals surface area contributed by atoms with Crippen molar-refractivity contribution in [3.63, 3.8) is 0 Å². The number of nitrogens with zero attached hydrogens (tertiary/aromatic N) is 1. The molecule has 0 radical (unpaired) electrons.